The molecule has 0 saturated heterocycles. The van der Waals surface area contributed by atoms with Crippen molar-refractivity contribution in [3.63, 3.8) is 0 Å². The lowest BCUT2D eigenvalue weighted by Crippen LogP contribution is -2.12. The molecule has 0 spiro atoms. The molecular weight excluding hydrogens is 326 g/mol. The number of furan rings is 1. The smallest absolute Gasteiger partial charge is 0.335 e. The molecule has 0 aliphatic rings. The van der Waals surface area contributed by atoms with Crippen LogP contribution >= 0.6 is 12.4 Å². The van der Waals surface area contributed by atoms with Gasteiger partial charge in [-0.3, -0.25) is 0 Å². The molecule has 1 heterocycles. The Morgan fingerprint density at radius 2 is 1.62 bits per heavy atom. The third-order valence-electron chi connectivity index (χ3n) is 3.55. The first kappa shape index (κ1) is 17.8. The number of hydrogen-bond acceptors (Lipinski definition) is 3. The molecule has 2 N–H and O–H groups in total. The van der Waals surface area contributed by atoms with Gasteiger partial charge in [0.15, 0.2) is 0 Å². The standard InChI is InChI=1S/C19H17NO3.ClH/c21-19(22)16-8-6-14(7-9-16)12-20-13-17-10-11-18(23-17)15-4-2-1-3-5-15;/h1-11,20H,12-13H2,(H,21,22);1H. The summed E-state index contributed by atoms with van der Waals surface area (Å²) in [5.74, 6) is 0.813. The number of carbonyl (C=O) groups is 1. The Bertz CT molecular complexity index is 782. The highest BCUT2D eigenvalue weighted by atomic mass is 35.5. The van der Waals surface area contributed by atoms with E-state index in [9.17, 15) is 4.79 Å². The van der Waals surface area contributed by atoms with Crippen molar-refractivity contribution < 1.29 is 14.3 Å². The van der Waals surface area contributed by atoms with Gasteiger partial charge in [-0.1, -0.05) is 42.5 Å². The molecule has 4 nitrogen and oxygen atoms in total. The fourth-order valence-corrected chi connectivity index (χ4v) is 2.33. The van der Waals surface area contributed by atoms with Crippen LogP contribution in [0.1, 0.15) is 21.7 Å². The predicted octanol–water partition coefficient (Wildman–Crippen LogP) is 4.36. The Balaban J connectivity index is 0.00000208. The maximum atomic E-state index is 10.8. The molecule has 0 aliphatic heterocycles. The number of benzene rings is 2. The molecule has 5 heteroatoms. The van der Waals surface area contributed by atoms with Crippen LogP contribution in [0.5, 0.6) is 0 Å². The molecule has 3 aromatic rings. The zero-order chi connectivity index (χ0) is 16.1. The van der Waals surface area contributed by atoms with E-state index < -0.39 is 5.97 Å². The molecule has 24 heavy (non-hydrogen) atoms. The van der Waals surface area contributed by atoms with Gasteiger partial charge in [0.05, 0.1) is 12.1 Å². The van der Waals surface area contributed by atoms with Crippen molar-refractivity contribution in [1.29, 1.82) is 0 Å². The van der Waals surface area contributed by atoms with Crippen molar-refractivity contribution in [2.45, 2.75) is 13.1 Å². The summed E-state index contributed by atoms with van der Waals surface area (Å²) in [5, 5.41) is 12.2. The van der Waals surface area contributed by atoms with Crippen LogP contribution in [0.25, 0.3) is 11.3 Å². The molecule has 0 bridgehead atoms. The Kier molecular flexibility index (Phi) is 6.18. The Labute approximate surface area is 146 Å². The van der Waals surface area contributed by atoms with E-state index in [1.807, 2.05) is 54.6 Å². The second kappa shape index (κ2) is 8.34. The maximum Gasteiger partial charge on any atom is 0.335 e. The Morgan fingerprint density at radius 3 is 2.29 bits per heavy atom. The van der Waals surface area contributed by atoms with Crippen LogP contribution in [0.15, 0.2) is 71.1 Å². The van der Waals surface area contributed by atoms with Crippen molar-refractivity contribution in [2.75, 3.05) is 0 Å². The van der Waals surface area contributed by atoms with E-state index in [0.29, 0.717) is 18.7 Å². The van der Waals surface area contributed by atoms with Crippen LogP contribution in [-0.2, 0) is 13.1 Å². The normalized spacial score (nSPS) is 10.2. The summed E-state index contributed by atoms with van der Waals surface area (Å²) in [6.07, 6.45) is 0. The van der Waals surface area contributed by atoms with E-state index >= 15 is 0 Å². The Hall–Kier alpha value is -2.56. The lowest BCUT2D eigenvalue weighted by atomic mass is 10.1. The van der Waals surface area contributed by atoms with Gasteiger partial charge in [0.1, 0.15) is 11.5 Å². The van der Waals surface area contributed by atoms with Crippen molar-refractivity contribution in [3.05, 3.63) is 83.6 Å². The molecule has 0 unspecified atom stereocenters. The van der Waals surface area contributed by atoms with Crippen LogP contribution in [0.3, 0.4) is 0 Å². The van der Waals surface area contributed by atoms with Gasteiger partial charge < -0.3 is 14.8 Å². The van der Waals surface area contributed by atoms with Gasteiger partial charge in [0.25, 0.3) is 0 Å². The summed E-state index contributed by atoms with van der Waals surface area (Å²) in [6, 6.07) is 20.7. The van der Waals surface area contributed by atoms with Gasteiger partial charge in [-0.05, 0) is 29.8 Å². The lowest BCUT2D eigenvalue weighted by Gasteiger charge is -2.04. The lowest BCUT2D eigenvalue weighted by molar-refractivity contribution is 0.0697. The van der Waals surface area contributed by atoms with E-state index in [2.05, 4.69) is 5.32 Å². The average Bonchev–Trinajstić information content (AvgIpc) is 3.05. The summed E-state index contributed by atoms with van der Waals surface area (Å²) in [4.78, 5) is 10.8. The quantitative estimate of drug-likeness (QED) is 0.698. The number of halogens is 1. The van der Waals surface area contributed by atoms with Crippen molar-refractivity contribution in [3.8, 4) is 11.3 Å². The van der Waals surface area contributed by atoms with Gasteiger partial charge in [0.2, 0.25) is 0 Å². The monoisotopic (exact) mass is 343 g/mol. The predicted molar refractivity (Wildman–Crippen MR) is 95.3 cm³/mol. The first-order valence-corrected chi connectivity index (χ1v) is 7.39. The van der Waals surface area contributed by atoms with E-state index in [1.165, 1.54) is 0 Å². The highest BCUT2D eigenvalue weighted by Crippen LogP contribution is 2.21. The second-order valence-corrected chi connectivity index (χ2v) is 5.24. The minimum atomic E-state index is -0.909. The van der Waals surface area contributed by atoms with Crippen LogP contribution in [-0.4, -0.2) is 11.1 Å². The molecule has 3 rings (SSSR count). The number of rotatable bonds is 6. The number of aromatic carboxylic acids is 1. The van der Waals surface area contributed by atoms with E-state index in [1.54, 1.807) is 12.1 Å². The van der Waals surface area contributed by atoms with Crippen LogP contribution < -0.4 is 5.32 Å². The molecule has 1 aromatic heterocycles. The summed E-state index contributed by atoms with van der Waals surface area (Å²) in [7, 11) is 0. The van der Waals surface area contributed by atoms with Crippen LogP contribution in [0.4, 0.5) is 0 Å². The molecular formula is C19H18ClNO3. The van der Waals surface area contributed by atoms with Gasteiger partial charge in [-0.15, -0.1) is 12.4 Å². The summed E-state index contributed by atoms with van der Waals surface area (Å²) < 4.78 is 5.82. The van der Waals surface area contributed by atoms with Gasteiger partial charge in [-0.2, -0.15) is 0 Å². The molecule has 2 aromatic carbocycles. The average molecular weight is 344 g/mol. The largest absolute Gasteiger partial charge is 0.478 e. The number of hydrogen-bond donors (Lipinski definition) is 2. The van der Waals surface area contributed by atoms with Crippen LogP contribution in [0.2, 0.25) is 0 Å². The van der Waals surface area contributed by atoms with Gasteiger partial charge >= 0.3 is 5.97 Å². The minimum absolute atomic E-state index is 0. The van der Waals surface area contributed by atoms with Crippen molar-refractivity contribution in [2.24, 2.45) is 0 Å². The first-order chi connectivity index (χ1) is 11.2. The van der Waals surface area contributed by atoms with E-state index in [0.717, 1.165) is 22.6 Å². The SMILES string of the molecule is Cl.O=C(O)c1ccc(CNCc2ccc(-c3ccccc3)o2)cc1. The number of nitrogens with one attached hydrogen (secondary N) is 1. The molecule has 0 saturated carbocycles. The molecule has 0 radical (unpaired) electrons. The topological polar surface area (TPSA) is 62.5 Å². The maximum absolute atomic E-state index is 10.8. The zero-order valence-corrected chi connectivity index (χ0v) is 13.8. The molecule has 124 valence electrons. The van der Waals surface area contributed by atoms with E-state index in [4.69, 9.17) is 9.52 Å². The van der Waals surface area contributed by atoms with Gasteiger partial charge in [-0.25, -0.2) is 4.79 Å². The minimum Gasteiger partial charge on any atom is -0.478 e. The summed E-state index contributed by atoms with van der Waals surface area (Å²) in [5.41, 5.74) is 2.39. The van der Waals surface area contributed by atoms with Gasteiger partial charge in [0, 0.05) is 12.1 Å². The van der Waals surface area contributed by atoms with E-state index in [-0.39, 0.29) is 12.4 Å². The van der Waals surface area contributed by atoms with Crippen molar-refractivity contribution >= 4 is 18.4 Å². The summed E-state index contributed by atoms with van der Waals surface area (Å²) in [6.45, 7) is 1.27. The first-order valence-electron chi connectivity index (χ1n) is 7.39. The third kappa shape index (κ3) is 4.47. The Morgan fingerprint density at radius 1 is 0.917 bits per heavy atom. The molecule has 0 fully saturated rings. The third-order valence-corrected chi connectivity index (χ3v) is 3.55. The molecule has 0 atom stereocenters. The summed E-state index contributed by atoms with van der Waals surface area (Å²) >= 11 is 0. The highest BCUT2D eigenvalue weighted by Gasteiger charge is 2.05. The fraction of sp³-hybridized carbons (Fsp3) is 0.105. The van der Waals surface area contributed by atoms with Crippen LogP contribution in [0, 0.1) is 0 Å². The van der Waals surface area contributed by atoms with Crippen molar-refractivity contribution in [1.82, 2.24) is 5.32 Å². The number of carboxylic acids is 1. The fourth-order valence-electron chi connectivity index (χ4n) is 2.33. The molecule has 0 amide bonds. The number of carboxylic acid groups (broad SMARTS) is 1. The zero-order valence-electron chi connectivity index (χ0n) is 12.9. The second-order valence-electron chi connectivity index (χ2n) is 5.24. The molecule has 0 aliphatic carbocycles. The highest BCUT2D eigenvalue weighted by molar-refractivity contribution is 5.87.